The van der Waals surface area contributed by atoms with Gasteiger partial charge in [-0.25, -0.2) is 0 Å². The van der Waals surface area contributed by atoms with E-state index in [0.29, 0.717) is 6.04 Å². The van der Waals surface area contributed by atoms with E-state index in [9.17, 15) is 4.79 Å². The molecule has 0 aromatic heterocycles. The zero-order valence-corrected chi connectivity index (χ0v) is 8.98. The van der Waals surface area contributed by atoms with Crippen LogP contribution in [0.1, 0.15) is 40.5 Å². The second-order valence-electron chi connectivity index (χ2n) is 5.28. The van der Waals surface area contributed by atoms with E-state index < -0.39 is 0 Å². The Balaban J connectivity index is 2.66. The Bertz CT molecular complexity index is 183. The van der Waals surface area contributed by atoms with Crippen molar-refractivity contribution in [1.29, 1.82) is 0 Å². The lowest BCUT2D eigenvalue weighted by atomic mass is 9.80. The Labute approximate surface area is 80.3 Å². The summed E-state index contributed by atoms with van der Waals surface area (Å²) in [5.41, 5.74) is 0.227. The van der Waals surface area contributed by atoms with E-state index >= 15 is 0 Å². The van der Waals surface area contributed by atoms with Gasteiger partial charge >= 0.3 is 0 Å². The molecular formula is C10H20N2O. The lowest BCUT2D eigenvalue weighted by Gasteiger charge is -2.46. The second kappa shape index (κ2) is 3.29. The number of carbonyl (C=O) groups excluding carboxylic acids is 1. The summed E-state index contributed by atoms with van der Waals surface area (Å²) in [6.45, 7) is 8.70. The molecule has 1 rings (SSSR count). The van der Waals surface area contributed by atoms with Crippen molar-refractivity contribution in [3.05, 3.63) is 0 Å². The third-order valence-corrected chi connectivity index (χ3v) is 2.49. The molecule has 0 aliphatic carbocycles. The van der Waals surface area contributed by atoms with Crippen LogP contribution in [0.2, 0.25) is 0 Å². The number of carbonyl (C=O) groups is 1. The maximum Gasteiger partial charge on any atom is 0.207 e. The molecule has 0 aromatic rings. The molecule has 1 saturated heterocycles. The molecule has 0 unspecified atom stereocenters. The highest BCUT2D eigenvalue weighted by atomic mass is 16.1. The highest BCUT2D eigenvalue weighted by Gasteiger charge is 2.37. The molecule has 0 spiro atoms. The van der Waals surface area contributed by atoms with Gasteiger partial charge in [-0.15, -0.1) is 0 Å². The quantitative estimate of drug-likeness (QED) is 0.630. The Hall–Kier alpha value is -0.570. The van der Waals surface area contributed by atoms with Crippen LogP contribution in [0.3, 0.4) is 0 Å². The zero-order valence-electron chi connectivity index (χ0n) is 8.98. The van der Waals surface area contributed by atoms with Crippen LogP contribution in [0.15, 0.2) is 0 Å². The van der Waals surface area contributed by atoms with Crippen molar-refractivity contribution >= 4 is 6.41 Å². The van der Waals surface area contributed by atoms with Gasteiger partial charge in [0, 0.05) is 17.1 Å². The van der Waals surface area contributed by atoms with Crippen LogP contribution < -0.4 is 10.6 Å². The molecule has 3 heteroatoms. The minimum absolute atomic E-state index is 0.114. The Kier molecular flexibility index (Phi) is 2.66. The van der Waals surface area contributed by atoms with Crippen molar-refractivity contribution < 1.29 is 4.79 Å². The highest BCUT2D eigenvalue weighted by molar-refractivity contribution is 5.46. The van der Waals surface area contributed by atoms with E-state index in [-0.39, 0.29) is 11.1 Å². The third kappa shape index (κ3) is 2.99. The van der Waals surface area contributed by atoms with Gasteiger partial charge in [-0.1, -0.05) is 0 Å². The third-order valence-electron chi connectivity index (χ3n) is 2.49. The van der Waals surface area contributed by atoms with Crippen molar-refractivity contribution in [1.82, 2.24) is 10.6 Å². The fourth-order valence-corrected chi connectivity index (χ4v) is 2.54. The van der Waals surface area contributed by atoms with Gasteiger partial charge in [0.15, 0.2) is 0 Å². The predicted molar refractivity (Wildman–Crippen MR) is 53.5 cm³/mol. The maximum absolute atomic E-state index is 10.4. The molecule has 3 nitrogen and oxygen atoms in total. The minimum atomic E-state index is 0.114. The maximum atomic E-state index is 10.4. The second-order valence-corrected chi connectivity index (χ2v) is 5.28. The molecular weight excluding hydrogens is 164 g/mol. The Morgan fingerprint density at radius 2 is 1.69 bits per heavy atom. The number of piperidine rings is 1. The predicted octanol–water partition coefficient (Wildman–Crippen LogP) is 1.04. The van der Waals surface area contributed by atoms with Crippen molar-refractivity contribution in [3.8, 4) is 0 Å². The fourth-order valence-electron chi connectivity index (χ4n) is 2.54. The molecule has 1 amide bonds. The smallest absolute Gasteiger partial charge is 0.207 e. The van der Waals surface area contributed by atoms with Gasteiger partial charge in [0.1, 0.15) is 0 Å². The first kappa shape index (κ1) is 10.5. The molecule has 0 bridgehead atoms. The molecule has 76 valence electrons. The standard InChI is InChI=1S/C10H20N2O/c1-9(2)5-8(11-7-13)6-10(3,4)12-9/h7-8,12H,5-6H2,1-4H3,(H,11,13). The minimum Gasteiger partial charge on any atom is -0.356 e. The summed E-state index contributed by atoms with van der Waals surface area (Å²) >= 11 is 0. The van der Waals surface area contributed by atoms with Crippen molar-refractivity contribution in [3.63, 3.8) is 0 Å². The number of amides is 1. The van der Waals surface area contributed by atoms with Crippen LogP contribution in [0, 0.1) is 0 Å². The molecule has 0 atom stereocenters. The molecule has 1 aliphatic heterocycles. The lowest BCUT2D eigenvalue weighted by molar-refractivity contribution is -0.110. The first-order chi connectivity index (χ1) is 5.85. The first-order valence-corrected chi connectivity index (χ1v) is 4.84. The van der Waals surface area contributed by atoms with Crippen LogP contribution in [0.4, 0.5) is 0 Å². The van der Waals surface area contributed by atoms with Gasteiger partial charge < -0.3 is 10.6 Å². The van der Waals surface area contributed by atoms with Crippen LogP contribution in [0.5, 0.6) is 0 Å². The summed E-state index contributed by atoms with van der Waals surface area (Å²) in [5, 5.41) is 6.44. The molecule has 2 N–H and O–H groups in total. The van der Waals surface area contributed by atoms with Crippen LogP contribution in [-0.2, 0) is 4.79 Å². The normalized spacial score (nSPS) is 26.8. The largest absolute Gasteiger partial charge is 0.356 e. The number of hydrogen-bond acceptors (Lipinski definition) is 2. The lowest BCUT2D eigenvalue weighted by Crippen LogP contribution is -2.61. The van der Waals surface area contributed by atoms with Gasteiger partial charge in [-0.05, 0) is 40.5 Å². The molecule has 0 aromatic carbocycles. The van der Waals surface area contributed by atoms with Gasteiger partial charge in [0.05, 0.1) is 0 Å². The van der Waals surface area contributed by atoms with E-state index in [4.69, 9.17) is 0 Å². The van der Waals surface area contributed by atoms with Crippen LogP contribution in [0.25, 0.3) is 0 Å². The summed E-state index contributed by atoms with van der Waals surface area (Å²) in [4.78, 5) is 10.4. The van der Waals surface area contributed by atoms with Crippen molar-refractivity contribution in [2.24, 2.45) is 0 Å². The van der Waals surface area contributed by atoms with Gasteiger partial charge in [-0.3, -0.25) is 4.79 Å². The van der Waals surface area contributed by atoms with E-state index in [0.717, 1.165) is 19.3 Å². The van der Waals surface area contributed by atoms with E-state index in [1.807, 2.05) is 0 Å². The monoisotopic (exact) mass is 184 g/mol. The van der Waals surface area contributed by atoms with Crippen molar-refractivity contribution in [2.45, 2.75) is 57.7 Å². The summed E-state index contributed by atoms with van der Waals surface area (Å²) < 4.78 is 0. The fraction of sp³-hybridized carbons (Fsp3) is 0.900. The molecule has 0 radical (unpaired) electrons. The summed E-state index contributed by atoms with van der Waals surface area (Å²) in [5.74, 6) is 0. The summed E-state index contributed by atoms with van der Waals surface area (Å²) in [7, 11) is 0. The molecule has 13 heavy (non-hydrogen) atoms. The average Bonchev–Trinajstić information content (AvgIpc) is 1.78. The highest BCUT2D eigenvalue weighted by Crippen LogP contribution is 2.27. The molecule has 1 heterocycles. The molecule has 1 fully saturated rings. The van der Waals surface area contributed by atoms with Crippen LogP contribution >= 0.6 is 0 Å². The van der Waals surface area contributed by atoms with Gasteiger partial charge in [0.2, 0.25) is 6.41 Å². The van der Waals surface area contributed by atoms with Crippen LogP contribution in [-0.4, -0.2) is 23.5 Å². The average molecular weight is 184 g/mol. The number of nitrogens with one attached hydrogen (secondary N) is 2. The molecule has 0 saturated carbocycles. The Morgan fingerprint density at radius 1 is 1.23 bits per heavy atom. The topological polar surface area (TPSA) is 41.1 Å². The Morgan fingerprint density at radius 3 is 2.08 bits per heavy atom. The summed E-state index contributed by atoms with van der Waals surface area (Å²) in [6, 6.07) is 0.309. The number of hydrogen-bond donors (Lipinski definition) is 2. The number of rotatable bonds is 2. The summed E-state index contributed by atoms with van der Waals surface area (Å²) in [6.07, 6.45) is 2.80. The van der Waals surface area contributed by atoms with Gasteiger partial charge in [0.25, 0.3) is 0 Å². The van der Waals surface area contributed by atoms with E-state index in [2.05, 4.69) is 38.3 Å². The van der Waals surface area contributed by atoms with Crippen molar-refractivity contribution in [2.75, 3.05) is 0 Å². The zero-order chi connectivity index (χ0) is 10.1. The van der Waals surface area contributed by atoms with Gasteiger partial charge in [-0.2, -0.15) is 0 Å². The van der Waals surface area contributed by atoms with E-state index in [1.54, 1.807) is 0 Å². The molecule has 1 aliphatic rings. The van der Waals surface area contributed by atoms with E-state index in [1.165, 1.54) is 0 Å². The first-order valence-electron chi connectivity index (χ1n) is 4.84. The SMILES string of the molecule is CC1(C)CC(NC=O)CC(C)(C)N1.